The number of amides is 4. The van der Waals surface area contributed by atoms with Crippen LogP contribution in [0.1, 0.15) is 38.8 Å². The van der Waals surface area contributed by atoms with E-state index in [4.69, 9.17) is 4.74 Å². The number of H-pyrrole nitrogens is 1. The Bertz CT molecular complexity index is 1560. The van der Waals surface area contributed by atoms with Gasteiger partial charge < -0.3 is 15.0 Å². The predicted molar refractivity (Wildman–Crippen MR) is 144 cm³/mol. The third-order valence-electron chi connectivity index (χ3n) is 7.42. The first-order chi connectivity index (χ1) is 18.5. The summed E-state index contributed by atoms with van der Waals surface area (Å²) in [6, 6.07) is 21.2. The highest BCUT2D eigenvalue weighted by Gasteiger charge is 2.53. The van der Waals surface area contributed by atoms with Crippen molar-refractivity contribution in [1.82, 2.24) is 15.2 Å². The first-order valence-corrected chi connectivity index (χ1v) is 12.7. The number of aromatic amines is 1. The second kappa shape index (κ2) is 9.46. The number of ether oxygens (including phenoxy) is 1. The van der Waals surface area contributed by atoms with Crippen LogP contribution >= 0.6 is 0 Å². The number of urea groups is 1. The normalized spacial score (nSPS) is 18.6. The fraction of sp³-hybridized carbons (Fsp3) is 0.233. The van der Waals surface area contributed by atoms with Crippen LogP contribution in [0.25, 0.3) is 10.9 Å². The van der Waals surface area contributed by atoms with Gasteiger partial charge in [-0.25, -0.2) is 9.69 Å². The highest BCUT2D eigenvalue weighted by molar-refractivity contribution is 6.24. The molecule has 4 amide bonds. The van der Waals surface area contributed by atoms with Crippen LogP contribution in [-0.4, -0.2) is 54.0 Å². The summed E-state index contributed by atoms with van der Waals surface area (Å²) in [4.78, 5) is 47.5. The van der Waals surface area contributed by atoms with Crippen LogP contribution in [0.15, 0.2) is 72.8 Å². The summed E-state index contributed by atoms with van der Waals surface area (Å²) in [5, 5.41) is 3.85. The van der Waals surface area contributed by atoms with E-state index in [0.717, 1.165) is 33.3 Å². The molecular weight excluding hydrogens is 480 g/mol. The van der Waals surface area contributed by atoms with E-state index in [1.54, 1.807) is 36.3 Å². The molecule has 3 heterocycles. The number of imide groups is 1. The molecule has 8 heteroatoms. The largest absolute Gasteiger partial charge is 0.383 e. The van der Waals surface area contributed by atoms with E-state index in [1.807, 2.05) is 55.5 Å². The second-order valence-corrected chi connectivity index (χ2v) is 9.73. The van der Waals surface area contributed by atoms with E-state index in [-0.39, 0.29) is 23.1 Å². The number of nitrogens with one attached hydrogen (secondary N) is 2. The predicted octanol–water partition coefficient (Wildman–Crippen LogP) is 4.34. The van der Waals surface area contributed by atoms with Gasteiger partial charge in [0.1, 0.15) is 12.1 Å². The average molecular weight is 509 g/mol. The summed E-state index contributed by atoms with van der Waals surface area (Å²) in [6.07, 6.45) is 0.394. The summed E-state index contributed by atoms with van der Waals surface area (Å²) in [7, 11) is 1.56. The number of para-hydroxylation sites is 2. The number of nitrogens with zero attached hydrogens (tertiary/aromatic N) is 2. The molecule has 2 N–H and O–H groups in total. The maximum atomic E-state index is 14.1. The lowest BCUT2D eigenvalue weighted by molar-refractivity contribution is -0.120. The van der Waals surface area contributed by atoms with Gasteiger partial charge in [0.05, 0.1) is 17.9 Å². The van der Waals surface area contributed by atoms with E-state index < -0.39 is 18.1 Å². The molecule has 3 aromatic carbocycles. The maximum Gasteiger partial charge on any atom is 0.332 e. The van der Waals surface area contributed by atoms with Crippen molar-refractivity contribution in [3.63, 3.8) is 0 Å². The minimum atomic E-state index is -0.690. The van der Waals surface area contributed by atoms with Gasteiger partial charge in [0, 0.05) is 36.7 Å². The van der Waals surface area contributed by atoms with Crippen molar-refractivity contribution in [1.29, 1.82) is 0 Å². The highest BCUT2D eigenvalue weighted by atomic mass is 16.5. The minimum absolute atomic E-state index is 0.265. The van der Waals surface area contributed by atoms with Crippen molar-refractivity contribution in [3.8, 4) is 0 Å². The number of methoxy groups -OCH3 is 1. The number of benzene rings is 3. The molecule has 0 unspecified atom stereocenters. The van der Waals surface area contributed by atoms with Crippen molar-refractivity contribution >= 4 is 34.4 Å². The van der Waals surface area contributed by atoms with Crippen LogP contribution in [0, 0.1) is 6.92 Å². The molecule has 192 valence electrons. The number of fused-ring (bicyclic) bond motifs is 4. The van der Waals surface area contributed by atoms with Crippen LogP contribution in [0.5, 0.6) is 0 Å². The number of aryl methyl sites for hydroxylation is 1. The fourth-order valence-electron chi connectivity index (χ4n) is 5.61. The molecule has 2 atom stereocenters. The van der Waals surface area contributed by atoms with Gasteiger partial charge in [0.25, 0.3) is 11.8 Å². The van der Waals surface area contributed by atoms with Gasteiger partial charge in [-0.15, -0.1) is 0 Å². The molecule has 1 saturated heterocycles. The Morgan fingerprint density at radius 1 is 1.03 bits per heavy atom. The second-order valence-electron chi connectivity index (χ2n) is 9.73. The van der Waals surface area contributed by atoms with E-state index in [1.165, 1.54) is 4.90 Å². The first-order valence-electron chi connectivity index (χ1n) is 12.7. The number of rotatable bonds is 6. The molecule has 0 bridgehead atoms. The van der Waals surface area contributed by atoms with Crippen LogP contribution < -0.4 is 10.2 Å². The Kier molecular flexibility index (Phi) is 5.96. The Balaban J connectivity index is 1.45. The number of carbonyl (C=O) groups excluding carboxylic acids is 3. The monoisotopic (exact) mass is 508 g/mol. The number of aromatic nitrogens is 1. The Hall–Kier alpha value is -4.43. The number of carbonyl (C=O) groups is 3. The van der Waals surface area contributed by atoms with Gasteiger partial charge in [-0.05, 0) is 36.2 Å². The topological polar surface area (TPSA) is 94.7 Å². The minimum Gasteiger partial charge on any atom is -0.383 e. The Morgan fingerprint density at radius 3 is 2.55 bits per heavy atom. The van der Waals surface area contributed by atoms with Crippen LogP contribution in [-0.2, 0) is 16.0 Å². The van der Waals surface area contributed by atoms with Gasteiger partial charge in [-0.2, -0.15) is 0 Å². The Labute approximate surface area is 220 Å². The molecule has 2 aliphatic rings. The molecule has 4 aromatic rings. The standard InChI is InChI=1S/C30H28N4O4/c1-18-11-13-19(14-12-18)27-26-22(20-7-3-5-9-23(20)32-26)17-25-29(36)34(30(37)33(25)27)24-10-6-4-8-21(24)28(35)31-15-16-38-2/h3-14,25,27,32H,15-17H2,1-2H3,(H,31,35)/t25-,27+/m0/s1. The van der Waals surface area contributed by atoms with E-state index in [9.17, 15) is 14.4 Å². The van der Waals surface area contributed by atoms with Crippen molar-refractivity contribution in [2.75, 3.05) is 25.2 Å². The first kappa shape index (κ1) is 23.9. The molecule has 8 nitrogen and oxygen atoms in total. The molecule has 1 fully saturated rings. The summed E-state index contributed by atoms with van der Waals surface area (Å²) >= 11 is 0. The summed E-state index contributed by atoms with van der Waals surface area (Å²) in [5.74, 6) is -0.699. The molecular formula is C30H28N4O4. The SMILES string of the molecule is COCCNC(=O)c1ccccc1N1C(=O)[C@@H]2Cc3c([nH]c4ccccc34)[C@@H](c3ccc(C)cc3)N2C1=O. The summed E-state index contributed by atoms with van der Waals surface area (Å²) < 4.78 is 5.03. The van der Waals surface area contributed by atoms with Crippen LogP contribution in [0.2, 0.25) is 0 Å². The third kappa shape index (κ3) is 3.76. The van der Waals surface area contributed by atoms with Crippen molar-refractivity contribution < 1.29 is 19.1 Å². The smallest absolute Gasteiger partial charge is 0.332 e. The van der Waals surface area contributed by atoms with Gasteiger partial charge in [0.2, 0.25) is 0 Å². The fourth-order valence-corrected chi connectivity index (χ4v) is 5.61. The number of hydrogen-bond acceptors (Lipinski definition) is 4. The highest BCUT2D eigenvalue weighted by Crippen LogP contribution is 2.45. The number of hydrogen-bond donors (Lipinski definition) is 2. The van der Waals surface area contributed by atoms with Crippen molar-refractivity contribution in [2.45, 2.75) is 25.4 Å². The average Bonchev–Trinajstić information content (AvgIpc) is 3.42. The molecule has 1 aromatic heterocycles. The van der Waals surface area contributed by atoms with Crippen LogP contribution in [0.3, 0.4) is 0 Å². The molecule has 0 saturated carbocycles. The summed E-state index contributed by atoms with van der Waals surface area (Å²) in [6.45, 7) is 2.69. The zero-order valence-electron chi connectivity index (χ0n) is 21.2. The lowest BCUT2D eigenvalue weighted by Crippen LogP contribution is -2.44. The van der Waals surface area contributed by atoms with E-state index >= 15 is 0 Å². The van der Waals surface area contributed by atoms with E-state index in [0.29, 0.717) is 19.6 Å². The van der Waals surface area contributed by atoms with Gasteiger partial charge in [-0.1, -0.05) is 60.2 Å². The quantitative estimate of drug-likeness (QED) is 0.299. The molecule has 0 aliphatic carbocycles. The van der Waals surface area contributed by atoms with Crippen LogP contribution in [0.4, 0.5) is 10.5 Å². The Morgan fingerprint density at radius 2 is 1.76 bits per heavy atom. The summed E-state index contributed by atoms with van der Waals surface area (Å²) in [5.41, 5.74) is 5.51. The van der Waals surface area contributed by atoms with Gasteiger partial charge in [-0.3, -0.25) is 14.5 Å². The van der Waals surface area contributed by atoms with E-state index in [2.05, 4.69) is 10.3 Å². The third-order valence-corrected chi connectivity index (χ3v) is 7.42. The van der Waals surface area contributed by atoms with Crippen molar-refractivity contribution in [2.24, 2.45) is 0 Å². The molecule has 0 spiro atoms. The molecule has 0 radical (unpaired) electrons. The van der Waals surface area contributed by atoms with Gasteiger partial charge >= 0.3 is 6.03 Å². The maximum absolute atomic E-state index is 14.1. The zero-order chi connectivity index (χ0) is 26.4. The zero-order valence-corrected chi connectivity index (χ0v) is 21.2. The lowest BCUT2D eigenvalue weighted by atomic mass is 9.88. The van der Waals surface area contributed by atoms with Crippen molar-refractivity contribution in [3.05, 3.63) is 101 Å². The number of anilines is 1. The van der Waals surface area contributed by atoms with Gasteiger partial charge in [0.15, 0.2) is 0 Å². The molecule has 2 aliphatic heterocycles. The molecule has 6 rings (SSSR count). The molecule has 38 heavy (non-hydrogen) atoms. The lowest BCUT2D eigenvalue weighted by Gasteiger charge is -2.36.